The average Bonchev–Trinajstić information content (AvgIpc) is 2.87. The minimum atomic E-state index is -0.202. The van der Waals surface area contributed by atoms with E-state index in [1.807, 2.05) is 39.0 Å². The van der Waals surface area contributed by atoms with Gasteiger partial charge in [0.1, 0.15) is 5.70 Å². The van der Waals surface area contributed by atoms with Crippen LogP contribution in [0.25, 0.3) is 5.57 Å². The summed E-state index contributed by atoms with van der Waals surface area (Å²) in [6, 6.07) is 6.02. The number of carbonyl (C=O) groups excluding carboxylic acids is 2. The molecule has 0 saturated carbocycles. The third-order valence-corrected chi connectivity index (χ3v) is 5.89. The second-order valence-electron chi connectivity index (χ2n) is 9.06. The number of imide groups is 1. The molecule has 2 atom stereocenters. The van der Waals surface area contributed by atoms with Gasteiger partial charge in [0.25, 0.3) is 11.8 Å². The van der Waals surface area contributed by atoms with Gasteiger partial charge in [-0.2, -0.15) is 0 Å². The fourth-order valence-corrected chi connectivity index (χ4v) is 4.44. The van der Waals surface area contributed by atoms with Crippen molar-refractivity contribution in [3.8, 4) is 0 Å². The van der Waals surface area contributed by atoms with Gasteiger partial charge in [-0.1, -0.05) is 32.0 Å². The van der Waals surface area contributed by atoms with E-state index in [2.05, 4.69) is 25.7 Å². The summed E-state index contributed by atoms with van der Waals surface area (Å²) in [5, 5.41) is 0. The van der Waals surface area contributed by atoms with E-state index in [0.29, 0.717) is 29.7 Å². The van der Waals surface area contributed by atoms with Gasteiger partial charge in [0, 0.05) is 13.1 Å². The highest BCUT2D eigenvalue weighted by atomic mass is 16.5. The minimum absolute atomic E-state index is 0.0678. The number of hydrogen-bond acceptors (Lipinski definition) is 4. The number of piperidine rings is 1. The normalized spacial score (nSPS) is 23.0. The molecule has 0 radical (unpaired) electrons. The lowest BCUT2D eigenvalue weighted by atomic mass is 9.90. The van der Waals surface area contributed by atoms with Crippen LogP contribution in [0, 0.1) is 25.7 Å². The van der Waals surface area contributed by atoms with E-state index in [1.54, 1.807) is 0 Å². The first-order chi connectivity index (χ1) is 13.7. The van der Waals surface area contributed by atoms with Crippen LogP contribution < -0.4 is 0 Å². The largest absolute Gasteiger partial charge is 0.377 e. The Kier molecular flexibility index (Phi) is 6.47. The van der Waals surface area contributed by atoms with Crippen LogP contribution in [-0.4, -0.2) is 54.0 Å². The molecule has 2 heterocycles. The Morgan fingerprint density at radius 2 is 1.69 bits per heavy atom. The summed E-state index contributed by atoms with van der Waals surface area (Å²) in [6.07, 6.45) is 1.22. The topological polar surface area (TPSA) is 49.9 Å². The summed E-state index contributed by atoms with van der Waals surface area (Å²) in [7, 11) is 0. The highest BCUT2D eigenvalue weighted by Gasteiger charge is 2.42. The lowest BCUT2D eigenvalue weighted by Gasteiger charge is -2.37. The summed E-state index contributed by atoms with van der Waals surface area (Å²) >= 11 is 0. The Labute approximate surface area is 174 Å². The zero-order chi connectivity index (χ0) is 21.3. The number of carbonyl (C=O) groups is 2. The maximum atomic E-state index is 13.4. The molecule has 1 aromatic carbocycles. The van der Waals surface area contributed by atoms with E-state index >= 15 is 0 Å². The molecular weight excluding hydrogens is 364 g/mol. The van der Waals surface area contributed by atoms with Crippen LogP contribution in [0.15, 0.2) is 23.9 Å². The average molecular weight is 399 g/mol. The summed E-state index contributed by atoms with van der Waals surface area (Å²) in [5.41, 5.74) is 4.25. The number of amides is 2. The lowest BCUT2D eigenvalue weighted by Crippen LogP contribution is -2.42. The molecule has 3 rings (SSSR count). The number of ether oxygens (including phenoxy) is 1. The second kappa shape index (κ2) is 8.70. The highest BCUT2D eigenvalue weighted by Crippen LogP contribution is 2.35. The summed E-state index contributed by atoms with van der Waals surface area (Å²) < 4.78 is 5.61. The molecule has 1 aromatic rings. The molecule has 158 valence electrons. The lowest BCUT2D eigenvalue weighted by molar-refractivity contribution is -0.138. The molecule has 2 aliphatic rings. The summed E-state index contributed by atoms with van der Waals surface area (Å²) in [6.45, 7) is 14.7. The third kappa shape index (κ3) is 4.55. The van der Waals surface area contributed by atoms with Crippen LogP contribution in [0.3, 0.4) is 0 Å². The maximum absolute atomic E-state index is 13.4. The van der Waals surface area contributed by atoms with Crippen molar-refractivity contribution in [2.75, 3.05) is 26.2 Å². The van der Waals surface area contributed by atoms with Gasteiger partial charge < -0.3 is 9.64 Å². The Bertz CT molecular complexity index is 817. The number of hydrogen-bond donors (Lipinski definition) is 0. The standard InChI is InChI=1S/C24H34N2O3/c1-15(2)29-10-9-26-23(27)21(20-8-7-18(5)19(6)12-20)22(24(26)28)25-13-16(3)11-17(4)14-25/h7-8,12,15-17H,9-11,13-14H2,1-6H3. The Balaban J connectivity index is 2.00. The van der Waals surface area contributed by atoms with E-state index in [1.165, 1.54) is 10.5 Å². The van der Waals surface area contributed by atoms with E-state index in [9.17, 15) is 9.59 Å². The van der Waals surface area contributed by atoms with Gasteiger partial charge in [0.15, 0.2) is 0 Å². The molecule has 0 spiro atoms. The first-order valence-corrected chi connectivity index (χ1v) is 10.7. The van der Waals surface area contributed by atoms with Crippen LogP contribution >= 0.6 is 0 Å². The van der Waals surface area contributed by atoms with Crippen molar-refractivity contribution in [3.63, 3.8) is 0 Å². The maximum Gasteiger partial charge on any atom is 0.277 e. The van der Waals surface area contributed by atoms with Crippen molar-refractivity contribution in [1.82, 2.24) is 9.80 Å². The molecular formula is C24H34N2O3. The van der Waals surface area contributed by atoms with E-state index in [4.69, 9.17) is 4.74 Å². The third-order valence-electron chi connectivity index (χ3n) is 5.89. The number of rotatable bonds is 6. The van der Waals surface area contributed by atoms with Crippen molar-refractivity contribution in [3.05, 3.63) is 40.6 Å². The van der Waals surface area contributed by atoms with Gasteiger partial charge in [-0.15, -0.1) is 0 Å². The van der Waals surface area contributed by atoms with Crippen molar-refractivity contribution < 1.29 is 14.3 Å². The molecule has 1 saturated heterocycles. The van der Waals surface area contributed by atoms with Gasteiger partial charge in [-0.05, 0) is 62.6 Å². The molecule has 0 aliphatic carbocycles. The SMILES string of the molecule is Cc1ccc(C2=C(N3CC(C)CC(C)C3)C(=O)N(CCOC(C)C)C2=O)cc1C. The molecule has 2 unspecified atom stereocenters. The molecule has 5 nitrogen and oxygen atoms in total. The molecule has 1 fully saturated rings. The molecule has 2 aliphatic heterocycles. The fraction of sp³-hybridized carbons (Fsp3) is 0.583. The second-order valence-corrected chi connectivity index (χ2v) is 9.06. The number of nitrogens with zero attached hydrogens (tertiary/aromatic N) is 2. The molecule has 0 aromatic heterocycles. The number of aryl methyl sites for hydroxylation is 2. The Morgan fingerprint density at radius 1 is 1.03 bits per heavy atom. The molecule has 29 heavy (non-hydrogen) atoms. The van der Waals surface area contributed by atoms with Crippen molar-refractivity contribution >= 4 is 17.4 Å². The van der Waals surface area contributed by atoms with E-state index < -0.39 is 0 Å². The van der Waals surface area contributed by atoms with Crippen molar-refractivity contribution in [1.29, 1.82) is 0 Å². The number of benzene rings is 1. The zero-order valence-corrected chi connectivity index (χ0v) is 18.6. The first kappa shape index (κ1) is 21.6. The van der Waals surface area contributed by atoms with Gasteiger partial charge in [0.2, 0.25) is 0 Å². The minimum Gasteiger partial charge on any atom is -0.377 e. The van der Waals surface area contributed by atoms with Gasteiger partial charge in [-0.3, -0.25) is 14.5 Å². The van der Waals surface area contributed by atoms with E-state index in [-0.39, 0.29) is 24.5 Å². The van der Waals surface area contributed by atoms with Crippen LogP contribution in [-0.2, 0) is 14.3 Å². The smallest absolute Gasteiger partial charge is 0.277 e. The summed E-state index contributed by atoms with van der Waals surface area (Å²) in [5.74, 6) is 0.602. The quantitative estimate of drug-likeness (QED) is 0.684. The Morgan fingerprint density at radius 3 is 2.28 bits per heavy atom. The summed E-state index contributed by atoms with van der Waals surface area (Å²) in [4.78, 5) is 30.3. The van der Waals surface area contributed by atoms with Crippen LogP contribution in [0.5, 0.6) is 0 Å². The van der Waals surface area contributed by atoms with Gasteiger partial charge >= 0.3 is 0 Å². The van der Waals surface area contributed by atoms with Crippen LogP contribution in [0.4, 0.5) is 0 Å². The molecule has 0 bridgehead atoms. The van der Waals surface area contributed by atoms with Crippen LogP contribution in [0.1, 0.15) is 50.8 Å². The van der Waals surface area contributed by atoms with E-state index in [0.717, 1.165) is 30.6 Å². The van der Waals surface area contributed by atoms with Gasteiger partial charge in [0.05, 0.1) is 24.8 Å². The molecule has 0 N–H and O–H groups in total. The highest BCUT2D eigenvalue weighted by molar-refractivity contribution is 6.35. The predicted molar refractivity (Wildman–Crippen MR) is 115 cm³/mol. The fourth-order valence-electron chi connectivity index (χ4n) is 4.44. The van der Waals surface area contributed by atoms with Gasteiger partial charge in [-0.25, -0.2) is 0 Å². The predicted octanol–water partition coefficient (Wildman–Crippen LogP) is 3.79. The van der Waals surface area contributed by atoms with Crippen LogP contribution in [0.2, 0.25) is 0 Å². The first-order valence-electron chi connectivity index (χ1n) is 10.7. The molecule has 2 amide bonds. The van der Waals surface area contributed by atoms with Crippen molar-refractivity contribution in [2.24, 2.45) is 11.8 Å². The monoisotopic (exact) mass is 398 g/mol. The Hall–Kier alpha value is -2.14. The zero-order valence-electron chi connectivity index (χ0n) is 18.6. The number of likely N-dealkylation sites (tertiary alicyclic amines) is 1. The molecule has 5 heteroatoms. The van der Waals surface area contributed by atoms with Crippen molar-refractivity contribution in [2.45, 2.75) is 54.1 Å².